The summed E-state index contributed by atoms with van der Waals surface area (Å²) >= 11 is 0. The van der Waals surface area contributed by atoms with Crippen molar-refractivity contribution in [1.82, 2.24) is 21.1 Å². The summed E-state index contributed by atoms with van der Waals surface area (Å²) < 4.78 is 28.5. The smallest absolute Gasteiger partial charge is 0.408 e. The molecule has 0 radical (unpaired) electrons. The predicted molar refractivity (Wildman–Crippen MR) is 171 cm³/mol. The van der Waals surface area contributed by atoms with Gasteiger partial charge < -0.3 is 39.4 Å². The van der Waals surface area contributed by atoms with Crippen LogP contribution in [0.15, 0.2) is 30.3 Å². The van der Waals surface area contributed by atoms with Crippen molar-refractivity contribution in [3.63, 3.8) is 0 Å². The first kappa shape index (κ1) is 35.3. The Bertz CT molecular complexity index is 1200. The average Bonchev–Trinajstić information content (AvgIpc) is 3.61. The van der Waals surface area contributed by atoms with E-state index in [-0.39, 0.29) is 36.9 Å². The van der Waals surface area contributed by atoms with Crippen LogP contribution in [0.5, 0.6) is 0 Å². The SMILES string of the molecule is CC(C)CN(C[C@@H](O)[C@H](Cc1ccccc1)NC(=O)OC1C2COC3OC1CC3C2)NC(=O)[C@@H](NC(=O)OC1CCOC1)C(C)(C)C. The highest BCUT2D eigenvalue weighted by molar-refractivity contribution is 5.86. The zero-order chi connectivity index (χ0) is 33.7. The molecule has 6 unspecified atom stereocenters. The van der Waals surface area contributed by atoms with Crippen LogP contribution in [0, 0.1) is 23.2 Å². The van der Waals surface area contributed by atoms with E-state index in [0.717, 1.165) is 18.4 Å². The molecule has 4 aliphatic rings. The Hall–Kier alpha value is -2.97. The number of hydrogen-bond acceptors (Lipinski definition) is 10. The third kappa shape index (κ3) is 9.56. The molecule has 4 fully saturated rings. The summed E-state index contributed by atoms with van der Waals surface area (Å²) in [6.07, 6.45) is -0.942. The van der Waals surface area contributed by atoms with Gasteiger partial charge in [-0.1, -0.05) is 65.0 Å². The molecular formula is C34H52N4O9. The molecule has 5 rings (SSSR count). The maximum atomic E-state index is 13.7. The molecule has 3 aliphatic heterocycles. The normalized spacial score (nSPS) is 28.5. The summed E-state index contributed by atoms with van der Waals surface area (Å²) in [6.45, 7) is 11.3. The maximum Gasteiger partial charge on any atom is 0.408 e. The molecule has 0 aromatic heterocycles. The van der Waals surface area contributed by atoms with E-state index in [0.29, 0.717) is 45.1 Å². The first-order valence-electron chi connectivity index (χ1n) is 16.9. The number of rotatable bonds is 13. The number of carbonyl (C=O) groups is 3. The van der Waals surface area contributed by atoms with Crippen molar-refractivity contribution in [2.45, 2.75) is 103 Å². The van der Waals surface area contributed by atoms with Gasteiger partial charge in [0, 0.05) is 31.3 Å². The van der Waals surface area contributed by atoms with Gasteiger partial charge in [0.25, 0.3) is 5.91 Å². The lowest BCUT2D eigenvalue weighted by molar-refractivity contribution is -0.153. The summed E-state index contributed by atoms with van der Waals surface area (Å²) in [6, 6.07) is 7.91. The van der Waals surface area contributed by atoms with Crippen LogP contribution in [0.4, 0.5) is 9.59 Å². The van der Waals surface area contributed by atoms with E-state index in [9.17, 15) is 19.5 Å². The lowest BCUT2D eigenvalue weighted by Gasteiger charge is -2.37. The zero-order valence-corrected chi connectivity index (χ0v) is 28.2. The monoisotopic (exact) mass is 660 g/mol. The van der Waals surface area contributed by atoms with Crippen LogP contribution in [0.3, 0.4) is 0 Å². The van der Waals surface area contributed by atoms with Gasteiger partial charge in [-0.2, -0.15) is 0 Å². The van der Waals surface area contributed by atoms with Crippen molar-refractivity contribution < 1.29 is 43.2 Å². The minimum atomic E-state index is -1.09. The average molecular weight is 661 g/mol. The number of ether oxygens (including phenoxy) is 5. The highest BCUT2D eigenvalue weighted by Crippen LogP contribution is 2.46. The summed E-state index contributed by atoms with van der Waals surface area (Å²) in [7, 11) is 0. The quantitative estimate of drug-likeness (QED) is 0.232. The third-order valence-corrected chi connectivity index (χ3v) is 9.26. The van der Waals surface area contributed by atoms with Crippen molar-refractivity contribution in [3.05, 3.63) is 35.9 Å². The Morgan fingerprint density at radius 1 is 1.00 bits per heavy atom. The minimum absolute atomic E-state index is 0.0113. The molecule has 3 bridgehead atoms. The predicted octanol–water partition coefficient (Wildman–Crippen LogP) is 2.75. The zero-order valence-electron chi connectivity index (χ0n) is 28.2. The largest absolute Gasteiger partial charge is 0.444 e. The van der Waals surface area contributed by atoms with E-state index in [1.165, 1.54) is 0 Å². The molecule has 13 nitrogen and oxygen atoms in total. The fourth-order valence-electron chi connectivity index (χ4n) is 6.95. The van der Waals surface area contributed by atoms with Gasteiger partial charge in [0.05, 0.1) is 38.1 Å². The van der Waals surface area contributed by atoms with Crippen molar-refractivity contribution in [3.8, 4) is 0 Å². The second-order valence-electron chi connectivity index (χ2n) is 14.9. The highest BCUT2D eigenvalue weighted by atomic mass is 16.7. The van der Waals surface area contributed by atoms with Gasteiger partial charge in [0.1, 0.15) is 18.2 Å². The maximum absolute atomic E-state index is 13.7. The molecule has 3 heterocycles. The van der Waals surface area contributed by atoms with E-state index in [1.54, 1.807) is 5.01 Å². The molecule has 47 heavy (non-hydrogen) atoms. The first-order chi connectivity index (χ1) is 22.4. The second kappa shape index (κ2) is 15.5. The number of fused-ring (bicyclic) bond motifs is 2. The Kier molecular flexibility index (Phi) is 11.7. The van der Waals surface area contributed by atoms with Gasteiger partial charge in [-0.15, -0.1) is 0 Å². The molecule has 262 valence electrons. The second-order valence-corrected chi connectivity index (χ2v) is 14.9. The number of aliphatic hydroxyl groups is 1. The number of aliphatic hydroxyl groups excluding tert-OH is 1. The minimum Gasteiger partial charge on any atom is -0.444 e. The van der Waals surface area contributed by atoms with Crippen molar-refractivity contribution in [2.75, 3.05) is 32.9 Å². The lowest BCUT2D eigenvalue weighted by Crippen LogP contribution is -2.60. The number of hydrogen-bond donors (Lipinski definition) is 4. The third-order valence-electron chi connectivity index (χ3n) is 9.26. The van der Waals surface area contributed by atoms with Gasteiger partial charge >= 0.3 is 12.2 Å². The van der Waals surface area contributed by atoms with E-state index >= 15 is 0 Å². The van der Waals surface area contributed by atoms with Crippen LogP contribution in [-0.2, 0) is 34.9 Å². The molecule has 1 saturated carbocycles. The van der Waals surface area contributed by atoms with Crippen LogP contribution in [0.1, 0.15) is 59.4 Å². The van der Waals surface area contributed by atoms with Gasteiger partial charge in [-0.05, 0) is 36.2 Å². The van der Waals surface area contributed by atoms with Crippen LogP contribution in [0.25, 0.3) is 0 Å². The first-order valence-corrected chi connectivity index (χ1v) is 16.9. The number of nitrogens with one attached hydrogen (secondary N) is 3. The summed E-state index contributed by atoms with van der Waals surface area (Å²) in [5.41, 5.74) is 3.20. The Labute approximate surface area is 277 Å². The summed E-state index contributed by atoms with van der Waals surface area (Å²) in [5, 5.41) is 18.9. The van der Waals surface area contributed by atoms with Gasteiger partial charge in [-0.3, -0.25) is 10.2 Å². The summed E-state index contributed by atoms with van der Waals surface area (Å²) in [4.78, 5) is 39.7. The van der Waals surface area contributed by atoms with Crippen molar-refractivity contribution >= 4 is 18.1 Å². The molecular weight excluding hydrogens is 608 g/mol. The fourth-order valence-corrected chi connectivity index (χ4v) is 6.95. The van der Waals surface area contributed by atoms with Gasteiger partial charge in [0.15, 0.2) is 6.29 Å². The standard InChI is InChI=1S/C34H52N4O9/c1-20(2)16-38(37-30(40)29(34(3,4)5)36-33(42)45-24-11-12-43-19-24)17-26(39)25(13-21-9-7-6-8-10-21)35-32(41)47-28-23-14-22-15-27(28)46-31(22)44-18-23/h6-10,20,22-29,31,39H,11-19H2,1-5H3,(H,35,41)(H,36,42)(H,37,40)/t22?,23?,24?,25-,26+,27?,28?,29+,31?/m0/s1. The molecule has 4 N–H and O–H groups in total. The topological polar surface area (TPSA) is 157 Å². The molecule has 1 aromatic rings. The van der Waals surface area contributed by atoms with E-state index < -0.39 is 47.8 Å². The van der Waals surface area contributed by atoms with Gasteiger partial charge in [-0.25, -0.2) is 14.6 Å². The van der Waals surface area contributed by atoms with Crippen LogP contribution in [-0.4, -0.2) is 104 Å². The molecule has 3 amide bonds. The number of alkyl carbamates (subject to hydrolysis) is 2. The number of carbonyl (C=O) groups excluding carboxylic acids is 3. The number of amides is 3. The molecule has 13 heteroatoms. The van der Waals surface area contributed by atoms with Crippen LogP contribution < -0.4 is 16.1 Å². The van der Waals surface area contributed by atoms with Gasteiger partial charge in [0.2, 0.25) is 0 Å². The van der Waals surface area contributed by atoms with Crippen molar-refractivity contribution in [1.29, 1.82) is 0 Å². The van der Waals surface area contributed by atoms with E-state index in [1.807, 2.05) is 65.0 Å². The number of nitrogens with zero attached hydrogens (tertiary/aromatic N) is 1. The molecule has 9 atom stereocenters. The van der Waals surface area contributed by atoms with E-state index in [4.69, 9.17) is 23.7 Å². The fraction of sp³-hybridized carbons (Fsp3) is 0.735. The molecule has 3 saturated heterocycles. The Morgan fingerprint density at radius 2 is 1.74 bits per heavy atom. The van der Waals surface area contributed by atoms with Crippen molar-refractivity contribution in [2.24, 2.45) is 23.2 Å². The Morgan fingerprint density at radius 3 is 2.43 bits per heavy atom. The highest BCUT2D eigenvalue weighted by Gasteiger charge is 2.53. The number of benzene rings is 1. The van der Waals surface area contributed by atoms with E-state index in [2.05, 4.69) is 16.1 Å². The lowest BCUT2D eigenvalue weighted by atomic mass is 9.78. The van der Waals surface area contributed by atoms with Crippen LogP contribution >= 0.6 is 0 Å². The molecule has 0 spiro atoms. The Balaban J connectivity index is 1.25. The molecule has 1 aliphatic carbocycles. The molecule has 1 aromatic carbocycles. The summed E-state index contributed by atoms with van der Waals surface area (Å²) in [5.74, 6) is 0.101. The van der Waals surface area contributed by atoms with Crippen LogP contribution in [0.2, 0.25) is 0 Å². The number of hydrazine groups is 1.